The van der Waals surface area contributed by atoms with Crippen molar-refractivity contribution in [2.75, 3.05) is 13.1 Å². The van der Waals surface area contributed by atoms with E-state index in [1.54, 1.807) is 12.1 Å². The number of benzene rings is 2. The highest BCUT2D eigenvalue weighted by Gasteiger charge is 2.22. The van der Waals surface area contributed by atoms with Gasteiger partial charge in [0.15, 0.2) is 0 Å². The zero-order valence-electron chi connectivity index (χ0n) is 13.5. The third-order valence-corrected chi connectivity index (χ3v) is 4.94. The molecular weight excluding hydrogens is 324 g/mol. The van der Waals surface area contributed by atoms with E-state index in [0.717, 1.165) is 32.4 Å². The molecule has 5 heteroatoms. The van der Waals surface area contributed by atoms with Crippen molar-refractivity contribution in [3.63, 3.8) is 0 Å². The van der Waals surface area contributed by atoms with Crippen molar-refractivity contribution in [1.29, 1.82) is 0 Å². The number of halogens is 1. The largest absolute Gasteiger partial charge is 0.299 e. The SMILES string of the molecule is O=[N+]([O-])c1ccc(Cl)cc1CN1CCC(Cc2ccccc2)CC1. The van der Waals surface area contributed by atoms with Crippen LogP contribution in [0.5, 0.6) is 0 Å². The molecule has 0 aromatic heterocycles. The number of nitro benzene ring substituents is 1. The molecule has 24 heavy (non-hydrogen) atoms. The molecular formula is C19H21ClN2O2. The van der Waals surface area contributed by atoms with Gasteiger partial charge in [0.1, 0.15) is 0 Å². The molecule has 126 valence electrons. The Hall–Kier alpha value is -1.91. The number of piperidine rings is 1. The minimum Gasteiger partial charge on any atom is -0.299 e. The van der Waals surface area contributed by atoms with Crippen molar-refractivity contribution < 1.29 is 4.92 Å². The van der Waals surface area contributed by atoms with Crippen LogP contribution in [-0.4, -0.2) is 22.9 Å². The minimum atomic E-state index is -0.326. The van der Waals surface area contributed by atoms with E-state index in [-0.39, 0.29) is 10.6 Å². The number of hydrogen-bond donors (Lipinski definition) is 0. The third-order valence-electron chi connectivity index (χ3n) is 4.71. The second kappa shape index (κ2) is 7.77. The minimum absolute atomic E-state index is 0.158. The molecule has 1 fully saturated rings. The first-order chi connectivity index (χ1) is 11.6. The van der Waals surface area contributed by atoms with E-state index in [4.69, 9.17) is 11.6 Å². The Morgan fingerprint density at radius 2 is 1.83 bits per heavy atom. The van der Waals surface area contributed by atoms with Crippen LogP contribution in [0.3, 0.4) is 0 Å². The van der Waals surface area contributed by atoms with E-state index in [1.165, 1.54) is 11.6 Å². The number of nitrogens with zero attached hydrogens (tertiary/aromatic N) is 2. The van der Waals surface area contributed by atoms with E-state index in [2.05, 4.69) is 29.2 Å². The van der Waals surface area contributed by atoms with Crippen molar-refractivity contribution in [2.24, 2.45) is 5.92 Å². The van der Waals surface area contributed by atoms with E-state index < -0.39 is 0 Å². The summed E-state index contributed by atoms with van der Waals surface area (Å²) in [6.07, 6.45) is 3.37. The average molecular weight is 345 g/mol. The molecule has 2 aromatic carbocycles. The lowest BCUT2D eigenvalue weighted by atomic mass is 9.90. The first-order valence-corrected chi connectivity index (χ1v) is 8.68. The van der Waals surface area contributed by atoms with E-state index in [0.29, 0.717) is 23.0 Å². The summed E-state index contributed by atoms with van der Waals surface area (Å²) in [4.78, 5) is 13.1. The summed E-state index contributed by atoms with van der Waals surface area (Å²) in [5.74, 6) is 0.693. The van der Waals surface area contributed by atoms with Crippen molar-refractivity contribution in [3.05, 3.63) is 74.8 Å². The molecule has 0 atom stereocenters. The van der Waals surface area contributed by atoms with Crippen LogP contribution in [-0.2, 0) is 13.0 Å². The Morgan fingerprint density at radius 1 is 1.12 bits per heavy atom. The van der Waals surface area contributed by atoms with Gasteiger partial charge in [0, 0.05) is 23.2 Å². The van der Waals surface area contributed by atoms with E-state index in [1.807, 2.05) is 6.07 Å². The molecule has 0 unspecified atom stereocenters. The normalized spacial score (nSPS) is 16.2. The Balaban J connectivity index is 1.58. The van der Waals surface area contributed by atoms with Gasteiger partial charge in [-0.15, -0.1) is 0 Å². The highest BCUT2D eigenvalue weighted by atomic mass is 35.5. The lowest BCUT2D eigenvalue weighted by molar-refractivity contribution is -0.385. The fraction of sp³-hybridized carbons (Fsp3) is 0.368. The molecule has 3 rings (SSSR count). The maximum atomic E-state index is 11.2. The van der Waals surface area contributed by atoms with E-state index in [9.17, 15) is 10.1 Å². The maximum Gasteiger partial charge on any atom is 0.273 e. The predicted octanol–water partition coefficient (Wildman–Crippen LogP) is 4.70. The van der Waals surface area contributed by atoms with Crippen LogP contribution in [0.25, 0.3) is 0 Å². The van der Waals surface area contributed by atoms with Crippen molar-refractivity contribution in [1.82, 2.24) is 4.90 Å². The van der Waals surface area contributed by atoms with Gasteiger partial charge in [0.2, 0.25) is 0 Å². The topological polar surface area (TPSA) is 46.4 Å². The molecule has 0 aliphatic carbocycles. The highest BCUT2D eigenvalue weighted by Crippen LogP contribution is 2.27. The molecule has 2 aromatic rings. The second-order valence-corrected chi connectivity index (χ2v) is 6.88. The Morgan fingerprint density at radius 3 is 2.50 bits per heavy atom. The summed E-state index contributed by atoms with van der Waals surface area (Å²) in [5.41, 5.74) is 2.25. The van der Waals surface area contributed by atoms with Gasteiger partial charge in [-0.25, -0.2) is 0 Å². The summed E-state index contributed by atoms with van der Waals surface area (Å²) in [6.45, 7) is 2.54. The van der Waals surface area contributed by atoms with Crippen molar-refractivity contribution in [3.8, 4) is 0 Å². The molecule has 0 spiro atoms. The van der Waals surface area contributed by atoms with Crippen LogP contribution in [0.4, 0.5) is 5.69 Å². The van der Waals surface area contributed by atoms with Gasteiger partial charge in [0.05, 0.1) is 4.92 Å². The third kappa shape index (κ3) is 4.34. The molecule has 0 bridgehead atoms. The standard InChI is InChI=1S/C19H21ClN2O2/c20-18-6-7-19(22(23)24)17(13-18)14-21-10-8-16(9-11-21)12-15-4-2-1-3-5-15/h1-7,13,16H,8-12,14H2. The lowest BCUT2D eigenvalue weighted by Crippen LogP contribution is -2.34. The Kier molecular flexibility index (Phi) is 5.48. The van der Waals surface area contributed by atoms with Crippen LogP contribution in [0.1, 0.15) is 24.0 Å². The zero-order chi connectivity index (χ0) is 16.9. The molecule has 1 heterocycles. The van der Waals surface area contributed by atoms with Crippen LogP contribution in [0, 0.1) is 16.0 Å². The number of nitro groups is 1. The van der Waals surface area contributed by atoms with Gasteiger partial charge in [-0.3, -0.25) is 15.0 Å². The quantitative estimate of drug-likeness (QED) is 0.583. The summed E-state index contributed by atoms with van der Waals surface area (Å²) in [5, 5.41) is 11.7. The predicted molar refractivity (Wildman–Crippen MR) is 96.3 cm³/mol. The fourth-order valence-corrected chi connectivity index (χ4v) is 3.59. The average Bonchev–Trinajstić information content (AvgIpc) is 2.57. The van der Waals surface area contributed by atoms with Gasteiger partial charge in [-0.05, 0) is 56.0 Å². The number of hydrogen-bond acceptors (Lipinski definition) is 3. The molecule has 1 aliphatic heterocycles. The van der Waals surface area contributed by atoms with Crippen molar-refractivity contribution >= 4 is 17.3 Å². The molecule has 0 saturated carbocycles. The first-order valence-electron chi connectivity index (χ1n) is 8.31. The second-order valence-electron chi connectivity index (χ2n) is 6.44. The monoisotopic (exact) mass is 344 g/mol. The van der Waals surface area contributed by atoms with Gasteiger partial charge in [-0.1, -0.05) is 41.9 Å². The molecule has 4 nitrogen and oxygen atoms in total. The van der Waals surface area contributed by atoms with Crippen LogP contribution < -0.4 is 0 Å². The molecule has 0 amide bonds. The summed E-state index contributed by atoms with van der Waals surface area (Å²) >= 11 is 6.01. The molecule has 0 N–H and O–H groups in total. The van der Waals surface area contributed by atoms with Crippen LogP contribution in [0.2, 0.25) is 5.02 Å². The number of rotatable bonds is 5. The molecule has 0 radical (unpaired) electrons. The highest BCUT2D eigenvalue weighted by molar-refractivity contribution is 6.30. The van der Waals surface area contributed by atoms with Crippen LogP contribution >= 0.6 is 11.6 Å². The van der Waals surface area contributed by atoms with Gasteiger partial charge >= 0.3 is 0 Å². The maximum absolute atomic E-state index is 11.2. The van der Waals surface area contributed by atoms with Crippen molar-refractivity contribution in [2.45, 2.75) is 25.8 Å². The van der Waals surface area contributed by atoms with Gasteiger partial charge in [-0.2, -0.15) is 0 Å². The fourth-order valence-electron chi connectivity index (χ4n) is 3.40. The summed E-state index contributed by atoms with van der Waals surface area (Å²) in [6, 6.07) is 15.4. The Labute approximate surface area is 147 Å². The first kappa shape index (κ1) is 16.9. The zero-order valence-corrected chi connectivity index (χ0v) is 14.3. The summed E-state index contributed by atoms with van der Waals surface area (Å²) < 4.78 is 0. The van der Waals surface area contributed by atoms with E-state index >= 15 is 0 Å². The Bertz CT molecular complexity index is 698. The van der Waals surface area contributed by atoms with Gasteiger partial charge < -0.3 is 0 Å². The molecule has 1 aliphatic rings. The molecule has 1 saturated heterocycles. The number of likely N-dealkylation sites (tertiary alicyclic amines) is 1. The summed E-state index contributed by atoms with van der Waals surface area (Å²) in [7, 11) is 0. The smallest absolute Gasteiger partial charge is 0.273 e. The van der Waals surface area contributed by atoms with Crippen LogP contribution in [0.15, 0.2) is 48.5 Å². The lowest BCUT2D eigenvalue weighted by Gasteiger charge is -2.32. The van der Waals surface area contributed by atoms with Gasteiger partial charge in [0.25, 0.3) is 5.69 Å².